The van der Waals surface area contributed by atoms with Crippen molar-refractivity contribution in [1.29, 1.82) is 0 Å². The van der Waals surface area contributed by atoms with E-state index < -0.39 is 0 Å². The van der Waals surface area contributed by atoms with Crippen LogP contribution in [-0.2, 0) is 9.59 Å². The Balaban J connectivity index is 1.40. The summed E-state index contributed by atoms with van der Waals surface area (Å²) in [6.07, 6.45) is 6.93. The third kappa shape index (κ3) is 3.45. The minimum atomic E-state index is 0.157. The molecule has 2 amide bonds. The summed E-state index contributed by atoms with van der Waals surface area (Å²) in [5.41, 5.74) is 0. The quantitative estimate of drug-likeness (QED) is 0.846. The molecule has 0 aromatic rings. The predicted molar refractivity (Wildman–Crippen MR) is 85.2 cm³/mol. The minimum absolute atomic E-state index is 0.157. The molecule has 3 rings (SSSR count). The van der Waals surface area contributed by atoms with E-state index in [0.717, 1.165) is 38.3 Å². The first-order chi connectivity index (χ1) is 10.5. The number of hydrogen-bond donors (Lipinski definition) is 1. The summed E-state index contributed by atoms with van der Waals surface area (Å²) in [7, 11) is 3.59. The van der Waals surface area contributed by atoms with Gasteiger partial charge in [-0.3, -0.25) is 14.5 Å². The molecule has 3 aliphatic rings. The van der Waals surface area contributed by atoms with Crippen molar-refractivity contribution in [1.82, 2.24) is 15.1 Å². The highest BCUT2D eigenvalue weighted by Gasteiger charge is 2.43. The second-order valence-corrected chi connectivity index (χ2v) is 7.63. The third-order valence-corrected chi connectivity index (χ3v) is 5.87. The lowest BCUT2D eigenvalue weighted by molar-refractivity contribution is -0.131. The van der Waals surface area contributed by atoms with Gasteiger partial charge in [0.1, 0.15) is 0 Å². The van der Waals surface area contributed by atoms with Crippen molar-refractivity contribution in [2.24, 2.45) is 17.8 Å². The molecule has 0 unspecified atom stereocenters. The lowest BCUT2D eigenvalue weighted by atomic mass is 9.87. The number of carbonyl (C=O) groups excluding carboxylic acids is 2. The highest BCUT2D eigenvalue weighted by molar-refractivity contribution is 5.80. The summed E-state index contributed by atoms with van der Waals surface area (Å²) < 4.78 is 0. The van der Waals surface area contributed by atoms with Crippen LogP contribution < -0.4 is 5.32 Å². The van der Waals surface area contributed by atoms with Crippen molar-refractivity contribution in [3.63, 3.8) is 0 Å². The van der Waals surface area contributed by atoms with Crippen molar-refractivity contribution in [3.05, 3.63) is 0 Å². The summed E-state index contributed by atoms with van der Waals surface area (Å²) >= 11 is 0. The molecular formula is C17H29N3O2. The monoisotopic (exact) mass is 307 g/mol. The Kier molecular flexibility index (Phi) is 4.71. The SMILES string of the molecule is CN(C)C(=O)CN1CCC(NC(=O)[C@@H]2C[C@@H]3CC[C@H]2C3)CC1. The van der Waals surface area contributed by atoms with Gasteiger partial charge in [-0.1, -0.05) is 6.42 Å². The zero-order chi connectivity index (χ0) is 15.7. The van der Waals surface area contributed by atoms with Crippen LogP contribution in [0.25, 0.3) is 0 Å². The Morgan fingerprint density at radius 2 is 1.82 bits per heavy atom. The average molecular weight is 307 g/mol. The summed E-state index contributed by atoms with van der Waals surface area (Å²) in [5, 5.41) is 3.28. The summed E-state index contributed by atoms with van der Waals surface area (Å²) in [6, 6.07) is 0.303. The molecule has 1 aliphatic heterocycles. The van der Waals surface area contributed by atoms with Crippen LogP contribution in [0.5, 0.6) is 0 Å². The van der Waals surface area contributed by atoms with Gasteiger partial charge in [-0.05, 0) is 43.9 Å². The predicted octanol–water partition coefficient (Wildman–Crippen LogP) is 1.09. The van der Waals surface area contributed by atoms with E-state index in [-0.39, 0.29) is 11.8 Å². The number of hydrogen-bond acceptors (Lipinski definition) is 3. The third-order valence-electron chi connectivity index (χ3n) is 5.87. The van der Waals surface area contributed by atoms with Gasteiger partial charge in [-0.2, -0.15) is 0 Å². The second kappa shape index (κ2) is 6.57. The number of piperidine rings is 1. The first-order valence-corrected chi connectivity index (χ1v) is 8.76. The fourth-order valence-electron chi connectivity index (χ4n) is 4.44. The number of rotatable bonds is 4. The zero-order valence-electron chi connectivity index (χ0n) is 13.9. The van der Waals surface area contributed by atoms with Crippen LogP contribution in [0.3, 0.4) is 0 Å². The molecule has 5 heteroatoms. The van der Waals surface area contributed by atoms with E-state index in [1.54, 1.807) is 19.0 Å². The van der Waals surface area contributed by atoms with Gasteiger partial charge < -0.3 is 10.2 Å². The van der Waals surface area contributed by atoms with Crippen LogP contribution in [0.15, 0.2) is 0 Å². The second-order valence-electron chi connectivity index (χ2n) is 7.63. The molecule has 3 atom stereocenters. The Bertz CT molecular complexity index is 430. The molecule has 2 aliphatic carbocycles. The standard InChI is InChI=1S/C17H29N3O2/c1-19(2)16(21)11-20-7-5-14(6-8-20)18-17(22)15-10-12-3-4-13(15)9-12/h12-15H,3-11H2,1-2H3,(H,18,22)/t12-,13+,15-/m1/s1. The Hall–Kier alpha value is -1.10. The van der Waals surface area contributed by atoms with Crippen LogP contribution in [0.1, 0.15) is 38.5 Å². The molecule has 1 saturated heterocycles. The van der Waals surface area contributed by atoms with E-state index in [1.165, 1.54) is 19.3 Å². The molecule has 3 fully saturated rings. The maximum atomic E-state index is 12.5. The topological polar surface area (TPSA) is 52.7 Å². The van der Waals surface area contributed by atoms with Gasteiger partial charge in [-0.25, -0.2) is 0 Å². The summed E-state index contributed by atoms with van der Waals surface area (Å²) in [4.78, 5) is 28.0. The highest BCUT2D eigenvalue weighted by Crippen LogP contribution is 2.48. The van der Waals surface area contributed by atoms with Crippen molar-refractivity contribution < 1.29 is 9.59 Å². The molecule has 0 aromatic carbocycles. The zero-order valence-corrected chi connectivity index (χ0v) is 13.9. The number of amides is 2. The van der Waals surface area contributed by atoms with Crippen molar-refractivity contribution in [3.8, 4) is 0 Å². The Labute approximate surface area is 133 Å². The Morgan fingerprint density at radius 1 is 1.09 bits per heavy atom. The fraction of sp³-hybridized carbons (Fsp3) is 0.882. The summed E-state index contributed by atoms with van der Waals surface area (Å²) in [6.45, 7) is 2.31. The molecule has 22 heavy (non-hydrogen) atoms. The highest BCUT2D eigenvalue weighted by atomic mass is 16.2. The molecule has 0 radical (unpaired) electrons. The maximum Gasteiger partial charge on any atom is 0.236 e. The van der Waals surface area contributed by atoms with Gasteiger partial charge in [0.05, 0.1) is 6.54 Å². The molecule has 0 aromatic heterocycles. The fourth-order valence-corrected chi connectivity index (χ4v) is 4.44. The van der Waals surface area contributed by atoms with Gasteiger partial charge in [0, 0.05) is 39.1 Å². The summed E-state index contributed by atoms with van der Waals surface area (Å²) in [5.74, 6) is 2.22. The first-order valence-electron chi connectivity index (χ1n) is 8.76. The van der Waals surface area contributed by atoms with E-state index in [9.17, 15) is 9.59 Å². The molecule has 0 spiro atoms. The smallest absolute Gasteiger partial charge is 0.236 e. The molecule has 5 nitrogen and oxygen atoms in total. The van der Waals surface area contributed by atoms with E-state index in [4.69, 9.17) is 0 Å². The van der Waals surface area contributed by atoms with Crippen LogP contribution in [-0.4, -0.2) is 61.4 Å². The van der Waals surface area contributed by atoms with Crippen LogP contribution in [0.4, 0.5) is 0 Å². The minimum Gasteiger partial charge on any atom is -0.353 e. The number of likely N-dealkylation sites (N-methyl/N-ethyl adjacent to an activating group) is 1. The van der Waals surface area contributed by atoms with E-state index >= 15 is 0 Å². The van der Waals surface area contributed by atoms with E-state index in [2.05, 4.69) is 10.2 Å². The number of likely N-dealkylation sites (tertiary alicyclic amines) is 1. The normalized spacial score (nSPS) is 32.2. The number of nitrogens with one attached hydrogen (secondary N) is 1. The van der Waals surface area contributed by atoms with E-state index in [0.29, 0.717) is 24.4 Å². The number of carbonyl (C=O) groups is 2. The largest absolute Gasteiger partial charge is 0.353 e. The molecule has 2 bridgehead atoms. The van der Waals surface area contributed by atoms with Gasteiger partial charge >= 0.3 is 0 Å². The first kappa shape index (κ1) is 15.8. The molecular weight excluding hydrogens is 278 g/mol. The lowest BCUT2D eigenvalue weighted by Gasteiger charge is -2.33. The Morgan fingerprint density at radius 3 is 2.36 bits per heavy atom. The van der Waals surface area contributed by atoms with Crippen molar-refractivity contribution in [2.75, 3.05) is 33.7 Å². The lowest BCUT2D eigenvalue weighted by Crippen LogP contribution is -2.48. The van der Waals surface area contributed by atoms with E-state index in [1.807, 2.05) is 0 Å². The molecule has 1 heterocycles. The maximum absolute atomic E-state index is 12.5. The van der Waals surface area contributed by atoms with Crippen LogP contribution in [0, 0.1) is 17.8 Å². The van der Waals surface area contributed by atoms with Gasteiger partial charge in [-0.15, -0.1) is 0 Å². The number of fused-ring (bicyclic) bond motifs is 2. The van der Waals surface area contributed by atoms with Gasteiger partial charge in [0.15, 0.2) is 0 Å². The van der Waals surface area contributed by atoms with Crippen molar-refractivity contribution >= 4 is 11.8 Å². The van der Waals surface area contributed by atoms with Crippen molar-refractivity contribution in [2.45, 2.75) is 44.6 Å². The van der Waals surface area contributed by atoms with Crippen LogP contribution in [0.2, 0.25) is 0 Å². The molecule has 1 N–H and O–H groups in total. The van der Waals surface area contributed by atoms with Gasteiger partial charge in [0.25, 0.3) is 0 Å². The molecule has 124 valence electrons. The van der Waals surface area contributed by atoms with Gasteiger partial charge in [0.2, 0.25) is 11.8 Å². The number of nitrogens with zero attached hydrogens (tertiary/aromatic N) is 2. The van der Waals surface area contributed by atoms with Crippen LogP contribution >= 0.6 is 0 Å². The molecule has 2 saturated carbocycles. The average Bonchev–Trinajstić information content (AvgIpc) is 3.12.